The van der Waals surface area contributed by atoms with Gasteiger partial charge in [-0.15, -0.1) is 11.8 Å². The number of hydrogen-bond donors (Lipinski definition) is 0. The van der Waals surface area contributed by atoms with Crippen molar-refractivity contribution >= 4 is 29.3 Å². The summed E-state index contributed by atoms with van der Waals surface area (Å²) in [5.74, 6) is -1.03. The molecule has 0 N–H and O–H groups in total. The first-order valence-corrected chi connectivity index (χ1v) is 5.31. The lowest BCUT2D eigenvalue weighted by molar-refractivity contribution is 0.0600. The third kappa shape index (κ3) is 2.19. The van der Waals surface area contributed by atoms with Crippen LogP contribution in [0.25, 0.3) is 0 Å². The summed E-state index contributed by atoms with van der Waals surface area (Å²) in [6.07, 6.45) is 1.70. The van der Waals surface area contributed by atoms with E-state index >= 15 is 0 Å². The van der Waals surface area contributed by atoms with E-state index in [2.05, 4.69) is 4.74 Å². The zero-order chi connectivity index (χ0) is 10.7. The topological polar surface area (TPSA) is 26.3 Å². The van der Waals surface area contributed by atoms with Crippen LogP contribution in [0.1, 0.15) is 10.4 Å². The highest BCUT2D eigenvalue weighted by Crippen LogP contribution is 2.27. The van der Waals surface area contributed by atoms with Crippen LogP contribution in [-0.4, -0.2) is 19.3 Å². The van der Waals surface area contributed by atoms with Crippen LogP contribution in [0.5, 0.6) is 0 Å². The van der Waals surface area contributed by atoms with Crippen LogP contribution in [0.2, 0.25) is 5.02 Å². The van der Waals surface area contributed by atoms with E-state index in [-0.39, 0.29) is 10.6 Å². The van der Waals surface area contributed by atoms with Gasteiger partial charge in [0.1, 0.15) is 0 Å². The predicted molar refractivity (Wildman–Crippen MR) is 54.5 cm³/mol. The van der Waals surface area contributed by atoms with E-state index < -0.39 is 11.8 Å². The molecular weight excluding hydrogens is 227 g/mol. The van der Waals surface area contributed by atoms with Gasteiger partial charge in [0.15, 0.2) is 5.82 Å². The van der Waals surface area contributed by atoms with E-state index in [4.69, 9.17) is 11.6 Å². The molecule has 1 aromatic carbocycles. The Kier molecular flexibility index (Phi) is 3.77. The second-order valence-corrected chi connectivity index (χ2v) is 3.72. The summed E-state index contributed by atoms with van der Waals surface area (Å²) in [7, 11) is 1.26. The van der Waals surface area contributed by atoms with Crippen LogP contribution in [-0.2, 0) is 4.74 Å². The molecule has 0 bridgehead atoms. The third-order valence-corrected chi connectivity index (χ3v) is 2.65. The van der Waals surface area contributed by atoms with Crippen molar-refractivity contribution in [3.8, 4) is 0 Å². The van der Waals surface area contributed by atoms with Crippen LogP contribution in [0, 0.1) is 5.82 Å². The Labute approximate surface area is 90.4 Å². The molecule has 0 amide bonds. The number of esters is 1. The molecule has 0 spiro atoms. The van der Waals surface area contributed by atoms with E-state index in [0.29, 0.717) is 4.90 Å². The molecule has 0 atom stereocenters. The molecule has 0 aliphatic carbocycles. The van der Waals surface area contributed by atoms with Crippen molar-refractivity contribution in [1.82, 2.24) is 0 Å². The average molecular weight is 235 g/mol. The van der Waals surface area contributed by atoms with Gasteiger partial charge in [0.05, 0.1) is 17.7 Å². The fourth-order valence-corrected chi connectivity index (χ4v) is 1.76. The van der Waals surface area contributed by atoms with Gasteiger partial charge in [-0.2, -0.15) is 0 Å². The summed E-state index contributed by atoms with van der Waals surface area (Å²) in [5.41, 5.74) is 0.253. The van der Waals surface area contributed by atoms with Crippen LogP contribution in [0.15, 0.2) is 17.0 Å². The van der Waals surface area contributed by atoms with Crippen LogP contribution in [0.3, 0.4) is 0 Å². The molecule has 0 radical (unpaired) electrons. The van der Waals surface area contributed by atoms with Crippen molar-refractivity contribution < 1.29 is 13.9 Å². The van der Waals surface area contributed by atoms with Crippen LogP contribution in [0.4, 0.5) is 4.39 Å². The maximum atomic E-state index is 13.2. The van der Waals surface area contributed by atoms with Crippen molar-refractivity contribution in [1.29, 1.82) is 0 Å². The van der Waals surface area contributed by atoms with Gasteiger partial charge < -0.3 is 4.74 Å². The van der Waals surface area contributed by atoms with Crippen molar-refractivity contribution in [2.75, 3.05) is 13.4 Å². The zero-order valence-electron chi connectivity index (χ0n) is 7.64. The molecule has 0 aliphatic heterocycles. The largest absolute Gasteiger partial charge is 0.465 e. The number of halogens is 2. The maximum Gasteiger partial charge on any atom is 0.337 e. The lowest BCUT2D eigenvalue weighted by atomic mass is 10.2. The first-order chi connectivity index (χ1) is 6.60. The minimum absolute atomic E-state index is 0.0720. The lowest BCUT2D eigenvalue weighted by Crippen LogP contribution is -2.02. The standard InChI is InChI=1S/C9H8ClFO2S/c1-13-9(12)5-3-6(10)8(11)7(4-5)14-2/h3-4H,1-2H3. The Hall–Kier alpha value is -0.740. The van der Waals surface area contributed by atoms with E-state index in [1.807, 2.05) is 0 Å². The quantitative estimate of drug-likeness (QED) is 0.581. The number of hydrogen-bond acceptors (Lipinski definition) is 3. The van der Waals surface area contributed by atoms with Crippen molar-refractivity contribution in [2.24, 2.45) is 0 Å². The molecular formula is C9H8ClFO2S. The molecule has 5 heteroatoms. The Morgan fingerprint density at radius 3 is 2.71 bits per heavy atom. The molecule has 0 unspecified atom stereocenters. The average Bonchev–Trinajstić information content (AvgIpc) is 2.20. The fourth-order valence-electron chi connectivity index (χ4n) is 0.948. The van der Waals surface area contributed by atoms with E-state index in [1.54, 1.807) is 6.26 Å². The number of ether oxygens (including phenoxy) is 1. The highest BCUT2D eigenvalue weighted by molar-refractivity contribution is 7.98. The molecule has 0 saturated heterocycles. The number of rotatable bonds is 2. The molecule has 0 saturated carbocycles. The number of methoxy groups -OCH3 is 1. The molecule has 14 heavy (non-hydrogen) atoms. The highest BCUT2D eigenvalue weighted by atomic mass is 35.5. The van der Waals surface area contributed by atoms with Gasteiger partial charge in [-0.25, -0.2) is 9.18 Å². The Bertz CT molecular complexity index is 368. The lowest BCUT2D eigenvalue weighted by Gasteiger charge is -2.04. The molecule has 1 aromatic rings. The molecule has 0 fully saturated rings. The Morgan fingerprint density at radius 2 is 2.21 bits per heavy atom. The summed E-state index contributed by atoms with van der Waals surface area (Å²) in [5, 5.41) is -0.0720. The Balaban J connectivity index is 3.22. The molecule has 2 nitrogen and oxygen atoms in total. The summed E-state index contributed by atoms with van der Waals surface area (Å²) in [6, 6.07) is 2.67. The van der Waals surface area contributed by atoms with Crippen molar-refractivity contribution in [3.05, 3.63) is 28.5 Å². The number of carbonyl (C=O) groups is 1. The fraction of sp³-hybridized carbons (Fsp3) is 0.222. The number of thioether (sulfide) groups is 1. The minimum Gasteiger partial charge on any atom is -0.465 e. The van der Waals surface area contributed by atoms with Crippen molar-refractivity contribution in [2.45, 2.75) is 4.90 Å². The summed E-state index contributed by atoms with van der Waals surface area (Å²) >= 11 is 6.79. The second kappa shape index (κ2) is 4.66. The molecule has 76 valence electrons. The molecule has 0 aliphatic rings. The minimum atomic E-state index is -0.526. The van der Waals surface area contributed by atoms with Gasteiger partial charge in [-0.3, -0.25) is 0 Å². The van der Waals surface area contributed by atoms with Crippen LogP contribution >= 0.6 is 23.4 Å². The number of carbonyl (C=O) groups excluding carboxylic acids is 1. The van der Waals surface area contributed by atoms with Gasteiger partial charge in [-0.1, -0.05) is 11.6 Å². The summed E-state index contributed by atoms with van der Waals surface area (Å²) in [4.78, 5) is 11.5. The zero-order valence-corrected chi connectivity index (χ0v) is 9.21. The predicted octanol–water partition coefficient (Wildman–Crippen LogP) is 2.99. The molecule has 0 aromatic heterocycles. The van der Waals surface area contributed by atoms with Gasteiger partial charge in [0.25, 0.3) is 0 Å². The number of benzene rings is 1. The third-order valence-electron chi connectivity index (χ3n) is 1.64. The van der Waals surface area contributed by atoms with Crippen LogP contribution < -0.4 is 0 Å². The van der Waals surface area contributed by atoms with Gasteiger partial charge >= 0.3 is 5.97 Å². The van der Waals surface area contributed by atoms with Gasteiger partial charge in [0.2, 0.25) is 0 Å². The van der Waals surface area contributed by atoms with Crippen molar-refractivity contribution in [3.63, 3.8) is 0 Å². The normalized spacial score (nSPS) is 10.0. The SMILES string of the molecule is COC(=O)c1cc(Cl)c(F)c(SC)c1. The van der Waals surface area contributed by atoms with E-state index in [9.17, 15) is 9.18 Å². The highest BCUT2D eigenvalue weighted by Gasteiger charge is 2.13. The maximum absolute atomic E-state index is 13.2. The van der Waals surface area contributed by atoms with Gasteiger partial charge in [0, 0.05) is 4.90 Å². The van der Waals surface area contributed by atoms with E-state index in [0.717, 1.165) is 0 Å². The first-order valence-electron chi connectivity index (χ1n) is 3.71. The molecule has 1 rings (SSSR count). The summed E-state index contributed by atoms with van der Waals surface area (Å²) in [6.45, 7) is 0. The second-order valence-electron chi connectivity index (χ2n) is 2.47. The smallest absolute Gasteiger partial charge is 0.337 e. The first kappa shape index (κ1) is 11.3. The Morgan fingerprint density at radius 1 is 1.57 bits per heavy atom. The molecule has 0 heterocycles. The van der Waals surface area contributed by atoms with E-state index in [1.165, 1.54) is 31.0 Å². The monoisotopic (exact) mass is 234 g/mol. The van der Waals surface area contributed by atoms with Gasteiger partial charge in [-0.05, 0) is 18.4 Å². The summed E-state index contributed by atoms with van der Waals surface area (Å²) < 4.78 is 17.7.